The SMILES string of the molecule is CCCCNC(=O)COc1cccc(Cl)c1CNC1CC1. The van der Waals surface area contributed by atoms with Crippen LogP contribution in [-0.4, -0.2) is 25.1 Å². The molecule has 5 heteroatoms. The number of nitrogens with one attached hydrogen (secondary N) is 2. The highest BCUT2D eigenvalue weighted by Crippen LogP contribution is 2.28. The van der Waals surface area contributed by atoms with Gasteiger partial charge in [-0.3, -0.25) is 4.79 Å². The summed E-state index contributed by atoms with van der Waals surface area (Å²) in [4.78, 5) is 11.7. The number of benzene rings is 1. The van der Waals surface area contributed by atoms with E-state index in [2.05, 4.69) is 17.6 Å². The van der Waals surface area contributed by atoms with Gasteiger partial charge in [0.05, 0.1) is 0 Å². The van der Waals surface area contributed by atoms with E-state index in [9.17, 15) is 4.79 Å². The standard InChI is InChI=1S/C16H23ClN2O2/c1-2-3-9-18-16(20)11-21-15-6-4-5-14(17)13(15)10-19-12-7-8-12/h4-6,12,19H,2-3,7-11H2,1H3,(H,18,20). The van der Waals surface area contributed by atoms with E-state index in [0.717, 1.165) is 18.4 Å². The lowest BCUT2D eigenvalue weighted by molar-refractivity contribution is -0.123. The molecule has 1 aliphatic carbocycles. The van der Waals surface area contributed by atoms with Gasteiger partial charge in [-0.2, -0.15) is 0 Å². The van der Waals surface area contributed by atoms with Crippen LogP contribution in [0.3, 0.4) is 0 Å². The third-order valence-electron chi connectivity index (χ3n) is 3.43. The van der Waals surface area contributed by atoms with Crippen LogP contribution in [0.25, 0.3) is 0 Å². The van der Waals surface area contributed by atoms with E-state index in [4.69, 9.17) is 16.3 Å². The highest BCUT2D eigenvalue weighted by molar-refractivity contribution is 6.31. The van der Waals surface area contributed by atoms with Crippen LogP contribution < -0.4 is 15.4 Å². The zero-order valence-corrected chi connectivity index (χ0v) is 13.2. The lowest BCUT2D eigenvalue weighted by atomic mass is 10.2. The molecule has 0 bridgehead atoms. The predicted molar refractivity (Wildman–Crippen MR) is 84.7 cm³/mol. The first-order chi connectivity index (χ1) is 10.2. The van der Waals surface area contributed by atoms with Gasteiger partial charge in [0.1, 0.15) is 5.75 Å². The number of amides is 1. The average Bonchev–Trinajstić information content (AvgIpc) is 3.28. The Morgan fingerprint density at radius 1 is 1.43 bits per heavy atom. The van der Waals surface area contributed by atoms with Crippen LogP contribution in [0.4, 0.5) is 0 Å². The topological polar surface area (TPSA) is 50.4 Å². The maximum Gasteiger partial charge on any atom is 0.257 e. The first kappa shape index (κ1) is 16.1. The van der Waals surface area contributed by atoms with Crippen LogP contribution >= 0.6 is 11.6 Å². The van der Waals surface area contributed by atoms with Gasteiger partial charge in [0, 0.05) is 29.7 Å². The first-order valence-corrected chi connectivity index (χ1v) is 7.98. The fraction of sp³-hybridized carbons (Fsp3) is 0.562. The summed E-state index contributed by atoms with van der Waals surface area (Å²) in [6.45, 7) is 3.50. The van der Waals surface area contributed by atoms with Crippen molar-refractivity contribution in [3.8, 4) is 5.75 Å². The summed E-state index contributed by atoms with van der Waals surface area (Å²) in [6, 6.07) is 6.15. The van der Waals surface area contributed by atoms with E-state index in [0.29, 0.717) is 29.9 Å². The molecule has 21 heavy (non-hydrogen) atoms. The summed E-state index contributed by atoms with van der Waals surface area (Å²) in [7, 11) is 0. The van der Waals surface area contributed by atoms with E-state index < -0.39 is 0 Å². The molecule has 0 atom stereocenters. The first-order valence-electron chi connectivity index (χ1n) is 7.61. The zero-order chi connectivity index (χ0) is 15.1. The van der Waals surface area contributed by atoms with Gasteiger partial charge in [-0.25, -0.2) is 0 Å². The Morgan fingerprint density at radius 3 is 2.95 bits per heavy atom. The van der Waals surface area contributed by atoms with Gasteiger partial charge in [-0.1, -0.05) is 31.0 Å². The molecule has 0 aromatic heterocycles. The minimum absolute atomic E-state index is 0.0283. The Labute approximate surface area is 131 Å². The van der Waals surface area contributed by atoms with Crippen molar-refractivity contribution in [2.24, 2.45) is 0 Å². The Kier molecular flexibility index (Phi) is 6.33. The van der Waals surface area contributed by atoms with Crippen LogP contribution in [0.15, 0.2) is 18.2 Å². The molecule has 2 N–H and O–H groups in total. The van der Waals surface area contributed by atoms with Crippen molar-refractivity contribution in [2.75, 3.05) is 13.2 Å². The minimum Gasteiger partial charge on any atom is -0.483 e. The number of halogens is 1. The largest absolute Gasteiger partial charge is 0.483 e. The molecular formula is C16H23ClN2O2. The number of carbonyl (C=O) groups is 1. The van der Waals surface area contributed by atoms with Gasteiger partial charge in [-0.15, -0.1) is 0 Å². The van der Waals surface area contributed by atoms with Crippen molar-refractivity contribution < 1.29 is 9.53 Å². The second-order valence-corrected chi connectivity index (χ2v) is 5.77. The van der Waals surface area contributed by atoms with Crippen LogP contribution in [0.5, 0.6) is 5.75 Å². The number of hydrogen-bond acceptors (Lipinski definition) is 3. The van der Waals surface area contributed by atoms with Crippen LogP contribution in [-0.2, 0) is 11.3 Å². The molecule has 1 saturated carbocycles. The summed E-state index contributed by atoms with van der Waals surface area (Å²) in [6.07, 6.45) is 4.49. The molecule has 1 aliphatic rings. The van der Waals surface area contributed by atoms with E-state index in [-0.39, 0.29) is 12.5 Å². The second-order valence-electron chi connectivity index (χ2n) is 5.36. The minimum atomic E-state index is -0.0930. The molecule has 4 nitrogen and oxygen atoms in total. The van der Waals surface area contributed by atoms with Crippen molar-refractivity contribution in [1.29, 1.82) is 0 Å². The molecule has 0 heterocycles. The highest BCUT2D eigenvalue weighted by atomic mass is 35.5. The number of carbonyl (C=O) groups excluding carboxylic acids is 1. The summed E-state index contributed by atoms with van der Waals surface area (Å²) in [5.74, 6) is 0.589. The predicted octanol–water partition coefficient (Wildman–Crippen LogP) is 2.89. The molecule has 2 rings (SSSR count). The molecular weight excluding hydrogens is 288 g/mol. The number of rotatable bonds is 9. The summed E-state index contributed by atoms with van der Waals surface area (Å²) in [5.41, 5.74) is 0.924. The Hall–Kier alpha value is -1.26. The average molecular weight is 311 g/mol. The summed E-state index contributed by atoms with van der Waals surface area (Å²) >= 11 is 6.23. The van der Waals surface area contributed by atoms with Gasteiger partial charge in [0.25, 0.3) is 5.91 Å². The van der Waals surface area contributed by atoms with Gasteiger partial charge in [-0.05, 0) is 31.4 Å². The number of hydrogen-bond donors (Lipinski definition) is 2. The van der Waals surface area contributed by atoms with Crippen molar-refractivity contribution >= 4 is 17.5 Å². The molecule has 0 spiro atoms. The molecule has 0 unspecified atom stereocenters. The Balaban J connectivity index is 1.85. The quantitative estimate of drug-likeness (QED) is 0.690. The monoisotopic (exact) mass is 310 g/mol. The Bertz CT molecular complexity index is 475. The number of ether oxygens (including phenoxy) is 1. The van der Waals surface area contributed by atoms with E-state index in [1.807, 2.05) is 18.2 Å². The highest BCUT2D eigenvalue weighted by Gasteiger charge is 2.21. The maximum atomic E-state index is 11.7. The van der Waals surface area contributed by atoms with Gasteiger partial charge < -0.3 is 15.4 Å². The van der Waals surface area contributed by atoms with E-state index >= 15 is 0 Å². The second kappa shape index (κ2) is 8.25. The van der Waals surface area contributed by atoms with Crippen molar-refractivity contribution in [3.05, 3.63) is 28.8 Å². The molecule has 1 aromatic carbocycles. The third kappa shape index (κ3) is 5.56. The van der Waals surface area contributed by atoms with Crippen LogP contribution in [0.2, 0.25) is 5.02 Å². The molecule has 0 aliphatic heterocycles. The molecule has 1 fully saturated rings. The lowest BCUT2D eigenvalue weighted by Gasteiger charge is -2.13. The van der Waals surface area contributed by atoms with E-state index in [1.165, 1.54) is 12.8 Å². The smallest absolute Gasteiger partial charge is 0.257 e. The molecule has 0 radical (unpaired) electrons. The maximum absolute atomic E-state index is 11.7. The fourth-order valence-electron chi connectivity index (χ4n) is 1.98. The van der Waals surface area contributed by atoms with Crippen LogP contribution in [0.1, 0.15) is 38.2 Å². The van der Waals surface area contributed by atoms with Crippen LogP contribution in [0, 0.1) is 0 Å². The van der Waals surface area contributed by atoms with Crippen molar-refractivity contribution in [3.63, 3.8) is 0 Å². The molecule has 0 saturated heterocycles. The normalized spacial score (nSPS) is 14.0. The molecule has 1 amide bonds. The van der Waals surface area contributed by atoms with Gasteiger partial charge in [0.15, 0.2) is 6.61 Å². The van der Waals surface area contributed by atoms with Gasteiger partial charge >= 0.3 is 0 Å². The Morgan fingerprint density at radius 2 is 2.24 bits per heavy atom. The fourth-order valence-corrected chi connectivity index (χ4v) is 2.21. The summed E-state index contributed by atoms with van der Waals surface area (Å²) < 4.78 is 5.63. The zero-order valence-electron chi connectivity index (χ0n) is 12.5. The van der Waals surface area contributed by atoms with Crippen molar-refractivity contribution in [1.82, 2.24) is 10.6 Å². The molecule has 116 valence electrons. The number of unbranched alkanes of at least 4 members (excludes halogenated alkanes) is 1. The third-order valence-corrected chi connectivity index (χ3v) is 3.79. The molecule has 1 aromatic rings. The lowest BCUT2D eigenvalue weighted by Crippen LogP contribution is -2.29. The van der Waals surface area contributed by atoms with Crippen molar-refractivity contribution in [2.45, 2.75) is 45.2 Å². The van der Waals surface area contributed by atoms with E-state index in [1.54, 1.807) is 0 Å². The summed E-state index contributed by atoms with van der Waals surface area (Å²) in [5, 5.41) is 6.93. The van der Waals surface area contributed by atoms with Gasteiger partial charge in [0.2, 0.25) is 0 Å².